The van der Waals surface area contributed by atoms with Gasteiger partial charge in [0.15, 0.2) is 6.10 Å². The van der Waals surface area contributed by atoms with Crippen LogP contribution >= 0.6 is 0 Å². The molecule has 0 heterocycles. The highest BCUT2D eigenvalue weighted by Gasteiger charge is 2.19. The van der Waals surface area contributed by atoms with Gasteiger partial charge in [-0.2, -0.15) is 0 Å². The summed E-state index contributed by atoms with van der Waals surface area (Å²) >= 11 is 0. The van der Waals surface area contributed by atoms with E-state index in [1.165, 1.54) is 173 Å². The summed E-state index contributed by atoms with van der Waals surface area (Å²) in [5.41, 5.74) is 0. The van der Waals surface area contributed by atoms with Crippen LogP contribution in [-0.2, 0) is 28.6 Å². The van der Waals surface area contributed by atoms with Crippen molar-refractivity contribution in [2.45, 2.75) is 284 Å². The summed E-state index contributed by atoms with van der Waals surface area (Å²) < 4.78 is 16.6. The van der Waals surface area contributed by atoms with Gasteiger partial charge >= 0.3 is 17.9 Å². The van der Waals surface area contributed by atoms with Crippen LogP contribution in [0.4, 0.5) is 0 Å². The Morgan fingerprint density at radius 2 is 0.491 bits per heavy atom. The summed E-state index contributed by atoms with van der Waals surface area (Å²) in [4.78, 5) is 37.4. The summed E-state index contributed by atoms with van der Waals surface area (Å²) in [6.45, 7) is 6.56. The molecule has 326 valence electrons. The number of unbranched alkanes of at least 4 members (excludes halogenated alkanes) is 34. The maximum Gasteiger partial charge on any atom is 0.306 e. The summed E-state index contributed by atoms with van der Waals surface area (Å²) in [5.74, 6) is -0.868. The molecular weight excluding hydrogens is 685 g/mol. The second-order valence-electron chi connectivity index (χ2n) is 16.7. The van der Waals surface area contributed by atoms with Crippen molar-refractivity contribution in [1.82, 2.24) is 0 Å². The first-order valence-corrected chi connectivity index (χ1v) is 24.5. The molecule has 6 nitrogen and oxygen atoms in total. The maximum atomic E-state index is 12.6. The normalized spacial score (nSPS) is 11.8. The number of esters is 3. The van der Waals surface area contributed by atoms with E-state index in [1.54, 1.807) is 0 Å². The topological polar surface area (TPSA) is 78.9 Å². The molecule has 0 aliphatic heterocycles. The van der Waals surface area contributed by atoms with Gasteiger partial charge in [0, 0.05) is 19.3 Å². The SMILES string of the molecule is CCCCCCCCCCCCCCCCCCCCCCCCCC(=O)OCC(COC(=O)CCCCCCC)OC(=O)CCCCCCCCCCC. The van der Waals surface area contributed by atoms with Crippen molar-refractivity contribution >= 4 is 17.9 Å². The highest BCUT2D eigenvalue weighted by Crippen LogP contribution is 2.17. The van der Waals surface area contributed by atoms with Crippen LogP contribution in [0.1, 0.15) is 278 Å². The van der Waals surface area contributed by atoms with Gasteiger partial charge in [0.05, 0.1) is 0 Å². The van der Waals surface area contributed by atoms with Crippen molar-refractivity contribution in [3.05, 3.63) is 0 Å². The van der Waals surface area contributed by atoms with Crippen LogP contribution in [0.25, 0.3) is 0 Å². The standard InChI is InChI=1S/C49H94O6/c1-4-7-10-13-15-17-18-19-20-21-22-23-24-25-26-27-28-29-30-32-33-36-39-42-48(51)54-45-46(44-53-47(50)41-38-35-12-9-6-3)55-49(52)43-40-37-34-31-16-14-11-8-5-2/h46H,4-45H2,1-3H3. The van der Waals surface area contributed by atoms with Gasteiger partial charge in [-0.25, -0.2) is 0 Å². The first kappa shape index (κ1) is 53.4. The first-order chi connectivity index (χ1) is 27.0. The molecule has 0 aliphatic rings. The Balaban J connectivity index is 3.96. The lowest BCUT2D eigenvalue weighted by Gasteiger charge is -2.18. The van der Waals surface area contributed by atoms with E-state index in [9.17, 15) is 14.4 Å². The molecule has 0 N–H and O–H groups in total. The fraction of sp³-hybridized carbons (Fsp3) is 0.939. The minimum atomic E-state index is -0.756. The zero-order valence-electron chi connectivity index (χ0n) is 37.2. The lowest BCUT2D eigenvalue weighted by atomic mass is 10.0. The Labute approximate surface area is 342 Å². The predicted molar refractivity (Wildman–Crippen MR) is 233 cm³/mol. The minimum Gasteiger partial charge on any atom is -0.462 e. The zero-order chi connectivity index (χ0) is 40.1. The molecule has 1 atom stereocenters. The van der Waals surface area contributed by atoms with Crippen LogP contribution in [0.15, 0.2) is 0 Å². The number of rotatable bonds is 45. The molecule has 0 aromatic carbocycles. The second-order valence-corrected chi connectivity index (χ2v) is 16.7. The van der Waals surface area contributed by atoms with Crippen molar-refractivity contribution in [3.63, 3.8) is 0 Å². The van der Waals surface area contributed by atoms with Gasteiger partial charge in [0.25, 0.3) is 0 Å². The van der Waals surface area contributed by atoms with Crippen molar-refractivity contribution in [2.24, 2.45) is 0 Å². The molecule has 0 aromatic rings. The fourth-order valence-corrected chi connectivity index (χ4v) is 7.38. The number of hydrogen-bond donors (Lipinski definition) is 0. The second kappa shape index (κ2) is 45.1. The molecule has 0 bridgehead atoms. The van der Waals surface area contributed by atoms with Crippen LogP contribution in [0.3, 0.4) is 0 Å². The average molecular weight is 779 g/mol. The van der Waals surface area contributed by atoms with Crippen molar-refractivity contribution in [1.29, 1.82) is 0 Å². The third-order valence-electron chi connectivity index (χ3n) is 11.1. The van der Waals surface area contributed by atoms with Gasteiger partial charge in [0.2, 0.25) is 0 Å². The average Bonchev–Trinajstić information content (AvgIpc) is 3.18. The van der Waals surface area contributed by atoms with E-state index in [0.29, 0.717) is 19.3 Å². The smallest absolute Gasteiger partial charge is 0.306 e. The molecule has 0 fully saturated rings. The van der Waals surface area contributed by atoms with Gasteiger partial charge in [0.1, 0.15) is 13.2 Å². The van der Waals surface area contributed by atoms with E-state index in [0.717, 1.165) is 64.2 Å². The van der Waals surface area contributed by atoms with Crippen molar-refractivity contribution in [2.75, 3.05) is 13.2 Å². The molecular formula is C49H94O6. The molecule has 0 saturated heterocycles. The number of hydrogen-bond acceptors (Lipinski definition) is 6. The van der Waals surface area contributed by atoms with Crippen molar-refractivity contribution in [3.8, 4) is 0 Å². The Morgan fingerprint density at radius 1 is 0.291 bits per heavy atom. The quantitative estimate of drug-likeness (QED) is 0.0348. The molecule has 0 saturated carbocycles. The summed E-state index contributed by atoms with van der Waals surface area (Å²) in [5, 5.41) is 0. The van der Waals surface area contributed by atoms with Crippen LogP contribution in [0, 0.1) is 0 Å². The van der Waals surface area contributed by atoms with Gasteiger partial charge in [-0.1, -0.05) is 239 Å². The number of ether oxygens (including phenoxy) is 3. The summed E-state index contributed by atoms with van der Waals surface area (Å²) in [6.07, 6.45) is 47.1. The lowest BCUT2D eigenvalue weighted by molar-refractivity contribution is -0.167. The predicted octanol–water partition coefficient (Wildman–Crippen LogP) is 15.6. The molecule has 0 spiro atoms. The van der Waals surface area contributed by atoms with E-state index >= 15 is 0 Å². The Bertz CT molecular complexity index is 813. The highest BCUT2D eigenvalue weighted by molar-refractivity contribution is 5.71. The molecule has 0 aliphatic carbocycles. The van der Waals surface area contributed by atoms with E-state index < -0.39 is 6.10 Å². The largest absolute Gasteiger partial charge is 0.462 e. The third kappa shape index (κ3) is 43.4. The summed E-state index contributed by atoms with van der Waals surface area (Å²) in [7, 11) is 0. The minimum absolute atomic E-state index is 0.0640. The fourth-order valence-electron chi connectivity index (χ4n) is 7.38. The molecule has 55 heavy (non-hydrogen) atoms. The Morgan fingerprint density at radius 3 is 0.727 bits per heavy atom. The monoisotopic (exact) mass is 779 g/mol. The van der Waals surface area contributed by atoms with Gasteiger partial charge in [-0.05, 0) is 19.3 Å². The highest BCUT2D eigenvalue weighted by atomic mass is 16.6. The molecule has 0 rings (SSSR count). The number of carbonyl (C=O) groups is 3. The maximum absolute atomic E-state index is 12.6. The van der Waals surface area contributed by atoms with E-state index in [2.05, 4.69) is 20.8 Å². The summed E-state index contributed by atoms with van der Waals surface area (Å²) in [6, 6.07) is 0. The Kier molecular flexibility index (Phi) is 43.8. The van der Waals surface area contributed by atoms with Crippen molar-refractivity contribution < 1.29 is 28.6 Å². The van der Waals surface area contributed by atoms with E-state index in [1.807, 2.05) is 0 Å². The van der Waals surface area contributed by atoms with Gasteiger partial charge < -0.3 is 14.2 Å². The van der Waals surface area contributed by atoms with E-state index in [4.69, 9.17) is 14.2 Å². The van der Waals surface area contributed by atoms with Crippen LogP contribution in [0.2, 0.25) is 0 Å². The van der Waals surface area contributed by atoms with Gasteiger partial charge in [-0.15, -0.1) is 0 Å². The Hall–Kier alpha value is -1.59. The zero-order valence-corrected chi connectivity index (χ0v) is 37.2. The molecule has 6 heteroatoms. The third-order valence-corrected chi connectivity index (χ3v) is 11.1. The van der Waals surface area contributed by atoms with Crippen LogP contribution in [-0.4, -0.2) is 37.2 Å². The van der Waals surface area contributed by atoms with Gasteiger partial charge in [-0.3, -0.25) is 14.4 Å². The van der Waals surface area contributed by atoms with Crippen LogP contribution in [0.5, 0.6) is 0 Å². The lowest BCUT2D eigenvalue weighted by Crippen LogP contribution is -2.30. The molecule has 0 amide bonds. The van der Waals surface area contributed by atoms with E-state index in [-0.39, 0.29) is 31.1 Å². The number of carbonyl (C=O) groups excluding carboxylic acids is 3. The molecule has 0 radical (unpaired) electrons. The first-order valence-electron chi connectivity index (χ1n) is 24.5. The molecule has 1 unspecified atom stereocenters. The van der Waals surface area contributed by atoms with Crippen LogP contribution < -0.4 is 0 Å². The molecule has 0 aromatic heterocycles.